The van der Waals surface area contributed by atoms with Gasteiger partial charge >= 0.3 is 6.18 Å². The number of aromatic nitrogens is 1. The smallest absolute Gasteiger partial charge is 0.384 e. The third-order valence-electron chi connectivity index (χ3n) is 4.30. The molecule has 2 heterocycles. The van der Waals surface area contributed by atoms with Gasteiger partial charge in [-0.2, -0.15) is 13.2 Å². The number of halogens is 3. The normalized spacial score (nSPS) is 18.2. The molecular weight excluding hydrogens is 317 g/mol. The minimum absolute atomic E-state index is 0.357. The Kier molecular flexibility index (Phi) is 4.36. The molecule has 1 unspecified atom stereocenters. The summed E-state index contributed by atoms with van der Waals surface area (Å²) in [5, 5.41) is 3.25. The summed E-state index contributed by atoms with van der Waals surface area (Å²) in [7, 11) is 1.93. The molecule has 1 saturated heterocycles. The molecule has 1 aromatic heterocycles. The number of nitrogens with two attached hydrogens (primary N) is 1. The molecule has 7 heteroatoms. The molecular formula is C17H19F3N4. The maximum atomic E-state index is 12.7. The van der Waals surface area contributed by atoms with Gasteiger partial charge in [-0.3, -0.25) is 0 Å². The first-order valence-corrected chi connectivity index (χ1v) is 7.74. The van der Waals surface area contributed by atoms with E-state index in [1.807, 2.05) is 13.1 Å². The number of nitrogens with one attached hydrogen (secondary N) is 1. The van der Waals surface area contributed by atoms with Crippen LogP contribution in [0.3, 0.4) is 0 Å². The maximum absolute atomic E-state index is 12.7. The third-order valence-corrected chi connectivity index (χ3v) is 4.30. The molecule has 0 saturated carbocycles. The number of pyridine rings is 1. The highest BCUT2D eigenvalue weighted by molar-refractivity contribution is 5.68. The summed E-state index contributed by atoms with van der Waals surface area (Å²) in [5.41, 5.74) is 7.35. The van der Waals surface area contributed by atoms with Crippen LogP contribution in [-0.2, 0) is 6.18 Å². The van der Waals surface area contributed by atoms with E-state index in [-0.39, 0.29) is 0 Å². The first-order chi connectivity index (χ1) is 11.4. The maximum Gasteiger partial charge on any atom is 0.416 e. The highest BCUT2D eigenvalue weighted by atomic mass is 19.4. The molecule has 0 spiro atoms. The number of hydrogen-bond donors (Lipinski definition) is 2. The second-order valence-electron chi connectivity index (χ2n) is 5.93. The van der Waals surface area contributed by atoms with E-state index in [2.05, 4.69) is 15.2 Å². The Hall–Kier alpha value is -2.28. The summed E-state index contributed by atoms with van der Waals surface area (Å²) in [6.07, 6.45) is -3.31. The van der Waals surface area contributed by atoms with Crippen molar-refractivity contribution in [3.05, 3.63) is 42.0 Å². The average Bonchev–Trinajstić information content (AvgIpc) is 3.03. The van der Waals surface area contributed by atoms with Gasteiger partial charge in [0.2, 0.25) is 0 Å². The van der Waals surface area contributed by atoms with Crippen LogP contribution < -0.4 is 16.0 Å². The highest BCUT2D eigenvalue weighted by Gasteiger charge is 2.30. The summed E-state index contributed by atoms with van der Waals surface area (Å²) in [4.78, 5) is 6.46. The van der Waals surface area contributed by atoms with Crippen LogP contribution in [0.1, 0.15) is 12.0 Å². The summed E-state index contributed by atoms with van der Waals surface area (Å²) in [6, 6.07) is 9.07. The van der Waals surface area contributed by atoms with Gasteiger partial charge in [-0.25, -0.2) is 4.98 Å². The summed E-state index contributed by atoms with van der Waals surface area (Å²) < 4.78 is 38.0. The molecule has 3 N–H and O–H groups in total. The summed E-state index contributed by atoms with van der Waals surface area (Å²) in [6.45, 7) is 1.77. The Morgan fingerprint density at radius 2 is 1.92 bits per heavy atom. The largest absolute Gasteiger partial charge is 0.416 e. The highest BCUT2D eigenvalue weighted by Crippen LogP contribution is 2.32. The van der Waals surface area contributed by atoms with E-state index < -0.39 is 11.7 Å². The van der Waals surface area contributed by atoms with Crippen molar-refractivity contribution in [2.24, 2.45) is 0 Å². The number of nitrogen functional groups attached to an aromatic ring is 1. The lowest BCUT2D eigenvalue weighted by Crippen LogP contribution is -2.29. The van der Waals surface area contributed by atoms with Gasteiger partial charge in [-0.15, -0.1) is 0 Å². The van der Waals surface area contributed by atoms with Crippen LogP contribution in [0.25, 0.3) is 11.3 Å². The van der Waals surface area contributed by atoms with Crippen LogP contribution in [0.15, 0.2) is 36.4 Å². The fourth-order valence-electron chi connectivity index (χ4n) is 2.93. The minimum atomic E-state index is -4.34. The van der Waals surface area contributed by atoms with E-state index in [1.54, 1.807) is 6.07 Å². The second-order valence-corrected chi connectivity index (χ2v) is 5.93. The van der Waals surface area contributed by atoms with Crippen molar-refractivity contribution in [1.29, 1.82) is 0 Å². The third kappa shape index (κ3) is 3.46. The van der Waals surface area contributed by atoms with E-state index in [9.17, 15) is 13.2 Å². The molecule has 24 heavy (non-hydrogen) atoms. The van der Waals surface area contributed by atoms with E-state index in [4.69, 9.17) is 5.73 Å². The van der Waals surface area contributed by atoms with Crippen molar-refractivity contribution in [2.75, 3.05) is 30.8 Å². The predicted octanol–water partition coefficient (Wildman–Crippen LogP) is 3.15. The van der Waals surface area contributed by atoms with Gasteiger partial charge in [0.25, 0.3) is 0 Å². The average molecular weight is 336 g/mol. The lowest BCUT2D eigenvalue weighted by Gasteiger charge is -2.20. The Bertz CT molecular complexity index is 713. The zero-order valence-electron chi connectivity index (χ0n) is 13.3. The quantitative estimate of drug-likeness (QED) is 0.904. The number of likely N-dealkylation sites (N-methyl/N-ethyl adjacent to an activating group) is 1. The van der Waals surface area contributed by atoms with Crippen molar-refractivity contribution in [3.63, 3.8) is 0 Å². The molecule has 2 aromatic rings. The van der Waals surface area contributed by atoms with Crippen molar-refractivity contribution < 1.29 is 13.2 Å². The molecule has 0 radical (unpaired) electrons. The van der Waals surface area contributed by atoms with Gasteiger partial charge in [0.1, 0.15) is 5.82 Å². The first kappa shape index (κ1) is 16.6. The van der Waals surface area contributed by atoms with Crippen molar-refractivity contribution in [1.82, 2.24) is 10.3 Å². The SMILES string of the molecule is CNC1CCN(c2cc(N)nc(-c3ccc(C(F)(F)F)cc3)c2)C1. The van der Waals surface area contributed by atoms with E-state index in [0.717, 1.165) is 37.3 Å². The topological polar surface area (TPSA) is 54.2 Å². The monoisotopic (exact) mass is 336 g/mol. The lowest BCUT2D eigenvalue weighted by atomic mass is 10.1. The van der Waals surface area contributed by atoms with Gasteiger partial charge in [-0.05, 0) is 31.7 Å². The Balaban J connectivity index is 1.89. The molecule has 128 valence electrons. The number of benzene rings is 1. The van der Waals surface area contributed by atoms with E-state index >= 15 is 0 Å². The number of rotatable bonds is 3. The van der Waals surface area contributed by atoms with Crippen LogP contribution >= 0.6 is 0 Å². The number of alkyl halides is 3. The number of nitrogens with zero attached hydrogens (tertiary/aromatic N) is 2. The molecule has 4 nitrogen and oxygen atoms in total. The van der Waals surface area contributed by atoms with Crippen LogP contribution in [0.2, 0.25) is 0 Å². The van der Waals surface area contributed by atoms with Crippen LogP contribution in [0, 0.1) is 0 Å². The number of hydrogen-bond acceptors (Lipinski definition) is 4. The van der Waals surface area contributed by atoms with Crippen molar-refractivity contribution in [2.45, 2.75) is 18.6 Å². The van der Waals surface area contributed by atoms with Gasteiger partial charge in [0, 0.05) is 36.4 Å². The Labute approximate surface area is 138 Å². The van der Waals surface area contributed by atoms with E-state index in [0.29, 0.717) is 23.1 Å². The van der Waals surface area contributed by atoms with Crippen molar-refractivity contribution in [3.8, 4) is 11.3 Å². The van der Waals surface area contributed by atoms with Gasteiger partial charge < -0.3 is 16.0 Å². The molecule has 1 aliphatic heterocycles. The molecule has 3 rings (SSSR count). The first-order valence-electron chi connectivity index (χ1n) is 7.74. The van der Waals surface area contributed by atoms with Gasteiger partial charge in [-0.1, -0.05) is 12.1 Å². The molecule has 0 aliphatic carbocycles. The molecule has 1 atom stereocenters. The zero-order chi connectivity index (χ0) is 17.3. The molecule has 1 fully saturated rings. The summed E-state index contributed by atoms with van der Waals surface area (Å²) in [5.74, 6) is 0.357. The lowest BCUT2D eigenvalue weighted by molar-refractivity contribution is -0.137. The van der Waals surface area contributed by atoms with Crippen LogP contribution in [0.4, 0.5) is 24.7 Å². The van der Waals surface area contributed by atoms with E-state index in [1.165, 1.54) is 12.1 Å². The van der Waals surface area contributed by atoms with Crippen LogP contribution in [0.5, 0.6) is 0 Å². The summed E-state index contributed by atoms with van der Waals surface area (Å²) >= 11 is 0. The minimum Gasteiger partial charge on any atom is -0.384 e. The molecule has 1 aliphatic rings. The fraction of sp³-hybridized carbons (Fsp3) is 0.353. The standard InChI is InChI=1S/C17H19F3N4/c1-22-13-6-7-24(10-13)14-8-15(23-16(21)9-14)11-2-4-12(5-3-11)17(18,19)20/h2-5,8-9,13,22H,6-7,10H2,1H3,(H2,21,23). The van der Waals surface area contributed by atoms with Crippen LogP contribution in [-0.4, -0.2) is 31.2 Å². The number of anilines is 2. The van der Waals surface area contributed by atoms with Crippen molar-refractivity contribution >= 4 is 11.5 Å². The molecule has 0 bridgehead atoms. The zero-order valence-corrected chi connectivity index (χ0v) is 13.3. The van der Waals surface area contributed by atoms with Gasteiger partial charge in [0.05, 0.1) is 11.3 Å². The molecule has 0 amide bonds. The predicted molar refractivity (Wildman–Crippen MR) is 88.8 cm³/mol. The fourth-order valence-corrected chi connectivity index (χ4v) is 2.93. The Morgan fingerprint density at radius 3 is 2.50 bits per heavy atom. The van der Waals surface area contributed by atoms with Gasteiger partial charge in [0.15, 0.2) is 0 Å². The second kappa shape index (κ2) is 6.32. The Morgan fingerprint density at radius 1 is 1.21 bits per heavy atom. The molecule has 1 aromatic carbocycles.